The molecule has 1 aliphatic carbocycles. The summed E-state index contributed by atoms with van der Waals surface area (Å²) in [6.07, 6.45) is 2.94. The van der Waals surface area contributed by atoms with Gasteiger partial charge in [0.1, 0.15) is 0 Å². The first-order chi connectivity index (χ1) is 7.95. The number of rotatable bonds is 3. The van der Waals surface area contributed by atoms with Gasteiger partial charge in [-0.2, -0.15) is 0 Å². The summed E-state index contributed by atoms with van der Waals surface area (Å²) >= 11 is 0. The van der Waals surface area contributed by atoms with E-state index in [4.69, 9.17) is 10.9 Å². The first kappa shape index (κ1) is 12.3. The molecule has 0 amide bonds. The molecule has 0 aromatic heterocycles. The Morgan fingerprint density at radius 3 is 2.65 bits per heavy atom. The molecular formula is C11H17N3O2S. The SMILES string of the molecule is NC1CCC(Nc2cccc(S(N)(=O)=O)c2)C1. The van der Waals surface area contributed by atoms with E-state index in [0.29, 0.717) is 6.04 Å². The van der Waals surface area contributed by atoms with Crippen molar-refractivity contribution in [2.75, 3.05) is 5.32 Å². The van der Waals surface area contributed by atoms with Gasteiger partial charge in [0.2, 0.25) is 10.0 Å². The van der Waals surface area contributed by atoms with Crippen LogP contribution < -0.4 is 16.2 Å². The van der Waals surface area contributed by atoms with Gasteiger partial charge >= 0.3 is 0 Å². The number of nitrogens with two attached hydrogens (primary N) is 2. The highest BCUT2D eigenvalue weighted by Crippen LogP contribution is 2.22. The number of sulfonamides is 1. The van der Waals surface area contributed by atoms with Crippen LogP contribution in [0, 0.1) is 0 Å². The minimum Gasteiger partial charge on any atom is -0.382 e. The fourth-order valence-corrected chi connectivity index (χ4v) is 2.71. The minimum absolute atomic E-state index is 0.129. The summed E-state index contributed by atoms with van der Waals surface area (Å²) in [6, 6.07) is 7.12. The van der Waals surface area contributed by atoms with E-state index in [0.717, 1.165) is 24.9 Å². The zero-order valence-corrected chi connectivity index (χ0v) is 10.3. The standard InChI is InChI=1S/C11H17N3O2S/c12-8-4-5-10(6-8)14-9-2-1-3-11(7-9)17(13,15)16/h1-3,7-8,10,14H,4-6,12H2,(H2,13,15,16). The minimum atomic E-state index is -3.63. The molecule has 1 aliphatic rings. The summed E-state index contributed by atoms with van der Waals surface area (Å²) < 4.78 is 22.4. The Hall–Kier alpha value is -1.11. The average molecular weight is 255 g/mol. The van der Waals surface area contributed by atoms with Crippen molar-refractivity contribution in [2.24, 2.45) is 10.9 Å². The molecule has 1 aromatic carbocycles. The molecule has 0 aliphatic heterocycles. The summed E-state index contributed by atoms with van der Waals surface area (Å²) in [5.74, 6) is 0. The largest absolute Gasteiger partial charge is 0.382 e. The lowest BCUT2D eigenvalue weighted by molar-refractivity contribution is 0.597. The average Bonchev–Trinajstić information content (AvgIpc) is 2.63. The monoisotopic (exact) mass is 255 g/mol. The van der Waals surface area contributed by atoms with E-state index in [1.165, 1.54) is 6.07 Å². The smallest absolute Gasteiger partial charge is 0.238 e. The predicted molar refractivity (Wildman–Crippen MR) is 67.1 cm³/mol. The van der Waals surface area contributed by atoms with Gasteiger partial charge in [-0.15, -0.1) is 0 Å². The maximum Gasteiger partial charge on any atom is 0.238 e. The molecule has 2 rings (SSSR count). The number of anilines is 1. The van der Waals surface area contributed by atoms with Gasteiger partial charge in [0.15, 0.2) is 0 Å². The Bertz CT molecular complexity index is 501. The van der Waals surface area contributed by atoms with Crippen molar-refractivity contribution in [2.45, 2.75) is 36.2 Å². The van der Waals surface area contributed by atoms with E-state index >= 15 is 0 Å². The van der Waals surface area contributed by atoms with E-state index in [1.54, 1.807) is 12.1 Å². The number of hydrogen-bond donors (Lipinski definition) is 3. The van der Waals surface area contributed by atoms with E-state index in [9.17, 15) is 8.42 Å². The molecule has 0 bridgehead atoms. The molecule has 0 heterocycles. The van der Waals surface area contributed by atoms with E-state index in [-0.39, 0.29) is 10.9 Å². The molecule has 0 saturated heterocycles. The second-order valence-corrected chi connectivity index (χ2v) is 6.05. The zero-order chi connectivity index (χ0) is 12.5. The Morgan fingerprint density at radius 1 is 1.29 bits per heavy atom. The number of hydrogen-bond acceptors (Lipinski definition) is 4. The molecular weight excluding hydrogens is 238 g/mol. The normalized spacial score (nSPS) is 24.8. The quantitative estimate of drug-likeness (QED) is 0.737. The fraction of sp³-hybridized carbons (Fsp3) is 0.455. The highest BCUT2D eigenvalue weighted by Gasteiger charge is 2.21. The Balaban J connectivity index is 2.12. The van der Waals surface area contributed by atoms with Gasteiger partial charge in [0.25, 0.3) is 0 Å². The van der Waals surface area contributed by atoms with Gasteiger partial charge < -0.3 is 11.1 Å². The van der Waals surface area contributed by atoms with Crippen LogP contribution in [-0.2, 0) is 10.0 Å². The molecule has 1 saturated carbocycles. The summed E-state index contributed by atoms with van der Waals surface area (Å²) in [4.78, 5) is 0.129. The predicted octanol–water partition coefficient (Wildman–Crippen LogP) is 0.626. The van der Waals surface area contributed by atoms with E-state index < -0.39 is 10.0 Å². The van der Waals surface area contributed by atoms with Gasteiger partial charge in [-0.3, -0.25) is 0 Å². The highest BCUT2D eigenvalue weighted by molar-refractivity contribution is 7.89. The van der Waals surface area contributed by atoms with Crippen molar-refractivity contribution in [1.29, 1.82) is 0 Å². The summed E-state index contributed by atoms with van der Waals surface area (Å²) in [7, 11) is -3.63. The van der Waals surface area contributed by atoms with Crippen LogP contribution in [0.2, 0.25) is 0 Å². The van der Waals surface area contributed by atoms with Crippen LogP contribution in [0.5, 0.6) is 0 Å². The molecule has 94 valence electrons. The third-order valence-corrected chi connectivity index (χ3v) is 3.92. The van der Waals surface area contributed by atoms with Crippen LogP contribution in [0.4, 0.5) is 5.69 Å². The van der Waals surface area contributed by atoms with Crippen LogP contribution in [0.15, 0.2) is 29.2 Å². The second-order valence-electron chi connectivity index (χ2n) is 4.49. The maximum absolute atomic E-state index is 11.2. The molecule has 6 heteroatoms. The third-order valence-electron chi connectivity index (χ3n) is 3.01. The summed E-state index contributed by atoms with van der Waals surface area (Å²) in [5.41, 5.74) is 6.60. The van der Waals surface area contributed by atoms with Crippen LogP contribution in [0.1, 0.15) is 19.3 Å². The topological polar surface area (TPSA) is 98.2 Å². The van der Waals surface area contributed by atoms with Crippen LogP contribution in [-0.4, -0.2) is 20.5 Å². The van der Waals surface area contributed by atoms with Crippen LogP contribution in [0.25, 0.3) is 0 Å². The lowest BCUT2D eigenvalue weighted by Gasteiger charge is -2.14. The summed E-state index contributed by atoms with van der Waals surface area (Å²) in [5, 5.41) is 8.36. The molecule has 5 N–H and O–H groups in total. The molecule has 2 atom stereocenters. The van der Waals surface area contributed by atoms with Crippen molar-refractivity contribution in [3.8, 4) is 0 Å². The van der Waals surface area contributed by atoms with Crippen molar-refractivity contribution in [1.82, 2.24) is 0 Å². The van der Waals surface area contributed by atoms with Crippen LogP contribution >= 0.6 is 0 Å². The lowest BCUT2D eigenvalue weighted by Crippen LogP contribution is -2.21. The number of benzene rings is 1. The number of nitrogens with one attached hydrogen (secondary N) is 1. The van der Waals surface area contributed by atoms with Gasteiger partial charge in [0, 0.05) is 17.8 Å². The summed E-state index contributed by atoms with van der Waals surface area (Å²) in [6.45, 7) is 0. The van der Waals surface area contributed by atoms with Crippen molar-refractivity contribution < 1.29 is 8.42 Å². The highest BCUT2D eigenvalue weighted by atomic mass is 32.2. The first-order valence-corrected chi connectivity index (χ1v) is 7.15. The first-order valence-electron chi connectivity index (χ1n) is 5.60. The van der Waals surface area contributed by atoms with Gasteiger partial charge in [-0.05, 0) is 37.5 Å². The second kappa shape index (κ2) is 4.64. The Morgan fingerprint density at radius 2 is 2.06 bits per heavy atom. The van der Waals surface area contributed by atoms with Crippen LogP contribution in [0.3, 0.4) is 0 Å². The fourth-order valence-electron chi connectivity index (χ4n) is 2.15. The Kier molecular flexibility index (Phi) is 3.37. The Labute approximate surface area is 101 Å². The third kappa shape index (κ3) is 3.18. The van der Waals surface area contributed by atoms with Gasteiger partial charge in [-0.1, -0.05) is 6.07 Å². The van der Waals surface area contributed by atoms with Crippen molar-refractivity contribution in [3.63, 3.8) is 0 Å². The lowest BCUT2D eigenvalue weighted by atomic mass is 10.2. The van der Waals surface area contributed by atoms with Crippen molar-refractivity contribution in [3.05, 3.63) is 24.3 Å². The molecule has 0 radical (unpaired) electrons. The maximum atomic E-state index is 11.2. The van der Waals surface area contributed by atoms with Gasteiger partial charge in [-0.25, -0.2) is 13.6 Å². The molecule has 0 spiro atoms. The zero-order valence-electron chi connectivity index (χ0n) is 9.46. The molecule has 1 aromatic rings. The van der Waals surface area contributed by atoms with E-state index in [1.807, 2.05) is 6.07 Å². The van der Waals surface area contributed by atoms with Gasteiger partial charge in [0.05, 0.1) is 4.90 Å². The van der Waals surface area contributed by atoms with E-state index in [2.05, 4.69) is 5.32 Å². The number of primary sulfonamides is 1. The molecule has 5 nitrogen and oxygen atoms in total. The molecule has 17 heavy (non-hydrogen) atoms. The molecule has 1 fully saturated rings. The molecule has 2 unspecified atom stereocenters. The van der Waals surface area contributed by atoms with Crippen molar-refractivity contribution >= 4 is 15.7 Å².